The van der Waals surface area contributed by atoms with Crippen LogP contribution in [0.4, 0.5) is 0 Å². The second kappa shape index (κ2) is 6.15. The minimum absolute atomic E-state index is 0.0626. The van der Waals surface area contributed by atoms with Crippen molar-refractivity contribution in [1.82, 2.24) is 4.98 Å². The summed E-state index contributed by atoms with van der Waals surface area (Å²) in [5.74, 6) is 0.483. The molecule has 0 unspecified atom stereocenters. The van der Waals surface area contributed by atoms with Gasteiger partial charge in [-0.2, -0.15) is 5.26 Å². The van der Waals surface area contributed by atoms with Crippen LogP contribution in [0.3, 0.4) is 0 Å². The average molecular weight is 325 g/mol. The van der Waals surface area contributed by atoms with Gasteiger partial charge in [0.15, 0.2) is 6.61 Å². The number of nitrogens with one attached hydrogen (secondary N) is 1. The van der Waals surface area contributed by atoms with Crippen LogP contribution in [0.15, 0.2) is 47.4 Å². The van der Waals surface area contributed by atoms with Crippen molar-refractivity contribution in [3.8, 4) is 22.9 Å². The highest BCUT2D eigenvalue weighted by molar-refractivity contribution is 6.33. The maximum atomic E-state index is 12.1. The molecule has 0 aliphatic heterocycles. The van der Waals surface area contributed by atoms with Crippen molar-refractivity contribution in [3.63, 3.8) is 0 Å². The first-order valence-electron chi connectivity index (χ1n) is 7.02. The lowest BCUT2D eigenvalue weighted by Gasteiger charge is -2.10. The minimum Gasteiger partial charge on any atom is -0.479 e. The van der Waals surface area contributed by atoms with Gasteiger partial charge in [0.05, 0.1) is 5.39 Å². The molecule has 0 aliphatic carbocycles. The van der Waals surface area contributed by atoms with Gasteiger partial charge in [0.1, 0.15) is 11.8 Å². The predicted molar refractivity (Wildman–Crippen MR) is 90.9 cm³/mol. The summed E-state index contributed by atoms with van der Waals surface area (Å²) >= 11 is 6.35. The van der Waals surface area contributed by atoms with Crippen LogP contribution in [0.5, 0.6) is 5.75 Å². The summed E-state index contributed by atoms with van der Waals surface area (Å²) in [4.78, 5) is 14.8. The average Bonchev–Trinajstić information content (AvgIpc) is 2.54. The Morgan fingerprint density at radius 1 is 1.17 bits per heavy atom. The van der Waals surface area contributed by atoms with Gasteiger partial charge in [0, 0.05) is 22.3 Å². The number of hydrogen-bond acceptors (Lipinski definition) is 3. The highest BCUT2D eigenvalue weighted by Gasteiger charge is 2.11. The lowest BCUT2D eigenvalue weighted by atomic mass is 10.00. The molecule has 2 aromatic carbocycles. The summed E-state index contributed by atoms with van der Waals surface area (Å²) in [6.45, 7) is 1.91. The minimum atomic E-state index is -0.214. The number of H-pyrrole nitrogens is 1. The van der Waals surface area contributed by atoms with Crippen molar-refractivity contribution < 1.29 is 4.74 Å². The zero-order valence-electron chi connectivity index (χ0n) is 12.4. The number of fused-ring (bicyclic) bond motifs is 1. The van der Waals surface area contributed by atoms with E-state index in [1.54, 1.807) is 18.3 Å². The molecule has 0 aliphatic rings. The molecular formula is C18H13ClN2O2. The van der Waals surface area contributed by atoms with Crippen LogP contribution < -0.4 is 10.3 Å². The van der Waals surface area contributed by atoms with Crippen LogP contribution in [0.25, 0.3) is 21.9 Å². The van der Waals surface area contributed by atoms with Crippen LogP contribution in [0.2, 0.25) is 5.02 Å². The summed E-state index contributed by atoms with van der Waals surface area (Å²) in [6.07, 6.45) is 1.66. The molecule has 0 radical (unpaired) electrons. The second-order valence-corrected chi connectivity index (χ2v) is 5.58. The zero-order valence-corrected chi connectivity index (χ0v) is 13.1. The van der Waals surface area contributed by atoms with E-state index in [1.807, 2.05) is 37.3 Å². The van der Waals surface area contributed by atoms with Gasteiger partial charge < -0.3 is 9.72 Å². The molecule has 114 valence electrons. The van der Waals surface area contributed by atoms with E-state index >= 15 is 0 Å². The Bertz CT molecular complexity index is 986. The van der Waals surface area contributed by atoms with E-state index in [1.165, 1.54) is 0 Å². The fraction of sp³-hybridized carbons (Fsp3) is 0.111. The number of nitrogens with zero attached hydrogens (tertiary/aromatic N) is 1. The van der Waals surface area contributed by atoms with E-state index in [0.717, 1.165) is 22.1 Å². The molecule has 1 aromatic heterocycles. The van der Waals surface area contributed by atoms with Crippen molar-refractivity contribution >= 4 is 22.4 Å². The molecule has 0 atom stereocenters. The highest BCUT2D eigenvalue weighted by Crippen LogP contribution is 2.33. The highest BCUT2D eigenvalue weighted by atomic mass is 35.5. The zero-order chi connectivity index (χ0) is 16.4. The number of aromatic amines is 1. The predicted octanol–water partition coefficient (Wildman–Crippen LogP) is 4.06. The molecule has 0 spiro atoms. The van der Waals surface area contributed by atoms with Gasteiger partial charge in [0.25, 0.3) is 5.56 Å². The van der Waals surface area contributed by atoms with Crippen LogP contribution in [0.1, 0.15) is 5.56 Å². The number of nitriles is 1. The molecule has 0 amide bonds. The third-order valence-corrected chi connectivity index (χ3v) is 3.90. The van der Waals surface area contributed by atoms with Crippen LogP contribution in [-0.4, -0.2) is 11.6 Å². The maximum Gasteiger partial charge on any atom is 0.255 e. The fourth-order valence-electron chi connectivity index (χ4n) is 2.51. The molecule has 0 saturated carbocycles. The monoisotopic (exact) mass is 324 g/mol. The van der Waals surface area contributed by atoms with Crippen molar-refractivity contribution in [2.24, 2.45) is 0 Å². The number of aromatic nitrogens is 1. The first-order chi connectivity index (χ1) is 11.1. The number of pyridine rings is 1. The Morgan fingerprint density at radius 2 is 2.00 bits per heavy atom. The first kappa shape index (κ1) is 15.1. The Balaban J connectivity index is 2.21. The Kier molecular flexibility index (Phi) is 4.05. The molecule has 4 nitrogen and oxygen atoms in total. The lowest BCUT2D eigenvalue weighted by Crippen LogP contribution is -2.06. The third kappa shape index (κ3) is 2.92. The standard InChI is InChI=1S/C18H13ClN2O2/c1-11-2-4-14(17(19)8-11)16-10-21-18(22)15-9-12(23-7-6-20)3-5-13(15)16/h2-5,8-10H,7H2,1H3,(H,21,22). The van der Waals surface area contributed by atoms with Crippen LogP contribution in [-0.2, 0) is 0 Å². The normalized spacial score (nSPS) is 10.5. The van der Waals surface area contributed by atoms with Crippen molar-refractivity contribution in [1.29, 1.82) is 5.26 Å². The molecule has 3 rings (SSSR count). The second-order valence-electron chi connectivity index (χ2n) is 5.17. The molecule has 1 N–H and O–H groups in total. The van der Waals surface area contributed by atoms with Gasteiger partial charge in [-0.15, -0.1) is 0 Å². The molecule has 5 heteroatoms. The number of rotatable bonds is 3. The number of aryl methyl sites for hydroxylation is 1. The van der Waals surface area contributed by atoms with Crippen molar-refractivity contribution in [2.75, 3.05) is 6.61 Å². The number of halogens is 1. The lowest BCUT2D eigenvalue weighted by molar-refractivity contribution is 0.368. The van der Waals surface area contributed by atoms with Gasteiger partial charge >= 0.3 is 0 Å². The maximum absolute atomic E-state index is 12.1. The summed E-state index contributed by atoms with van der Waals surface area (Å²) in [7, 11) is 0. The fourth-order valence-corrected chi connectivity index (χ4v) is 2.84. The summed E-state index contributed by atoms with van der Waals surface area (Å²) in [5, 5.41) is 10.5. The van der Waals surface area contributed by atoms with E-state index in [9.17, 15) is 4.79 Å². The molecule has 3 aromatic rings. The van der Waals surface area contributed by atoms with Gasteiger partial charge in [-0.1, -0.05) is 23.7 Å². The van der Waals surface area contributed by atoms with E-state index < -0.39 is 0 Å². The molecule has 23 heavy (non-hydrogen) atoms. The van der Waals surface area contributed by atoms with Crippen LogP contribution in [0, 0.1) is 18.3 Å². The Morgan fingerprint density at radius 3 is 2.74 bits per heavy atom. The first-order valence-corrected chi connectivity index (χ1v) is 7.39. The van der Waals surface area contributed by atoms with E-state index in [4.69, 9.17) is 21.6 Å². The Labute approximate surface area is 137 Å². The summed E-state index contributed by atoms with van der Waals surface area (Å²) < 4.78 is 5.26. The third-order valence-electron chi connectivity index (χ3n) is 3.59. The van der Waals surface area contributed by atoms with Crippen molar-refractivity contribution in [3.05, 3.63) is 63.5 Å². The number of ether oxygens (including phenoxy) is 1. The van der Waals surface area contributed by atoms with Gasteiger partial charge in [-0.3, -0.25) is 4.79 Å². The Hall–Kier alpha value is -2.77. The molecule has 0 fully saturated rings. The molecule has 0 saturated heterocycles. The van der Waals surface area contributed by atoms with Gasteiger partial charge in [-0.05, 0) is 42.1 Å². The van der Waals surface area contributed by atoms with E-state index in [2.05, 4.69) is 4.98 Å². The largest absolute Gasteiger partial charge is 0.479 e. The smallest absolute Gasteiger partial charge is 0.255 e. The topological polar surface area (TPSA) is 65.9 Å². The van der Waals surface area contributed by atoms with Gasteiger partial charge in [0.2, 0.25) is 0 Å². The van der Waals surface area contributed by atoms with Crippen molar-refractivity contribution in [2.45, 2.75) is 6.92 Å². The number of benzene rings is 2. The molecule has 0 bridgehead atoms. The molecular weight excluding hydrogens is 312 g/mol. The summed E-state index contributed by atoms with van der Waals surface area (Å²) in [5.41, 5.74) is 2.55. The molecule has 1 heterocycles. The quantitative estimate of drug-likeness (QED) is 0.790. The number of hydrogen-bond donors (Lipinski definition) is 1. The summed E-state index contributed by atoms with van der Waals surface area (Å²) in [6, 6.07) is 12.9. The van der Waals surface area contributed by atoms with Crippen LogP contribution >= 0.6 is 11.6 Å². The SMILES string of the molecule is Cc1ccc(-c2c[nH]c(=O)c3cc(OCC#N)ccc23)c(Cl)c1. The van der Waals surface area contributed by atoms with Gasteiger partial charge in [-0.25, -0.2) is 0 Å². The van der Waals surface area contributed by atoms with E-state index in [-0.39, 0.29) is 12.2 Å². The van der Waals surface area contributed by atoms with E-state index in [0.29, 0.717) is 16.2 Å².